The number of hydrogen-bond donors (Lipinski definition) is 4. The van der Waals surface area contributed by atoms with Gasteiger partial charge in [0.2, 0.25) is 5.91 Å². The van der Waals surface area contributed by atoms with Gasteiger partial charge in [0.05, 0.1) is 35.5 Å². The first kappa shape index (κ1) is 28.3. The molecule has 1 aliphatic rings. The number of ether oxygens (including phenoxy) is 1. The molecular formula is C31H30N4O4S. The summed E-state index contributed by atoms with van der Waals surface area (Å²) in [6, 6.07) is 21.9. The number of carbonyl (C=O) groups is 2. The van der Waals surface area contributed by atoms with Crippen LogP contribution in [0.2, 0.25) is 0 Å². The number of amides is 2. The summed E-state index contributed by atoms with van der Waals surface area (Å²) in [5.41, 5.74) is 5.09. The molecule has 1 aliphatic heterocycles. The molecule has 0 saturated heterocycles. The van der Waals surface area contributed by atoms with Crippen molar-refractivity contribution in [1.29, 1.82) is 5.26 Å². The molecule has 0 spiro atoms. The maximum atomic E-state index is 13.6. The van der Waals surface area contributed by atoms with E-state index in [-0.39, 0.29) is 34.6 Å². The van der Waals surface area contributed by atoms with E-state index < -0.39 is 5.92 Å². The van der Waals surface area contributed by atoms with E-state index in [1.807, 2.05) is 50.2 Å². The average Bonchev–Trinajstić information content (AvgIpc) is 2.94. The number of anilines is 2. The van der Waals surface area contributed by atoms with Crippen molar-refractivity contribution in [2.45, 2.75) is 26.7 Å². The smallest absolute Gasteiger partial charge is 0.254 e. The van der Waals surface area contributed by atoms with Crippen molar-refractivity contribution >= 4 is 35.0 Å². The van der Waals surface area contributed by atoms with Crippen LogP contribution in [0.15, 0.2) is 88.6 Å². The predicted molar refractivity (Wildman–Crippen MR) is 158 cm³/mol. The molecule has 1 heterocycles. The molecule has 3 aromatic carbocycles. The number of phenolic OH excluding ortho intramolecular Hbond substituents is 1. The second-order valence-corrected chi connectivity index (χ2v) is 10.3. The van der Waals surface area contributed by atoms with Gasteiger partial charge in [0.1, 0.15) is 0 Å². The molecule has 4 rings (SSSR count). The maximum absolute atomic E-state index is 13.6. The minimum absolute atomic E-state index is 0.0470. The zero-order valence-electron chi connectivity index (χ0n) is 22.7. The first-order valence-corrected chi connectivity index (χ1v) is 13.6. The van der Waals surface area contributed by atoms with E-state index in [4.69, 9.17) is 4.74 Å². The lowest BCUT2D eigenvalue weighted by molar-refractivity contribution is -0.114. The van der Waals surface area contributed by atoms with Crippen LogP contribution >= 0.6 is 11.8 Å². The molecule has 3 aromatic rings. The number of nitrogens with one attached hydrogen (secondary N) is 3. The van der Waals surface area contributed by atoms with Gasteiger partial charge in [-0.1, -0.05) is 48.2 Å². The first-order valence-electron chi connectivity index (χ1n) is 12.6. The van der Waals surface area contributed by atoms with E-state index in [1.54, 1.807) is 31.2 Å². The SMILES string of the molecule is COc1cc(C2C(C#N)=C(SCC(=O)Nc3cc(C)ccc3C)NC(C)=C2C(=O)Nc2ccccc2)ccc1O. The van der Waals surface area contributed by atoms with Crippen LogP contribution in [0.25, 0.3) is 0 Å². The zero-order chi connectivity index (χ0) is 28.8. The Morgan fingerprint density at radius 1 is 1.05 bits per heavy atom. The van der Waals surface area contributed by atoms with Gasteiger partial charge in [0.15, 0.2) is 11.5 Å². The third-order valence-electron chi connectivity index (χ3n) is 6.48. The van der Waals surface area contributed by atoms with Crippen molar-refractivity contribution < 1.29 is 19.4 Å². The molecule has 1 atom stereocenters. The number of para-hydroxylation sites is 1. The number of nitriles is 1. The molecule has 0 radical (unpaired) electrons. The van der Waals surface area contributed by atoms with Crippen molar-refractivity contribution in [1.82, 2.24) is 5.32 Å². The lowest BCUT2D eigenvalue weighted by Gasteiger charge is -2.30. The van der Waals surface area contributed by atoms with E-state index in [2.05, 4.69) is 22.0 Å². The van der Waals surface area contributed by atoms with Crippen molar-refractivity contribution in [2.24, 2.45) is 0 Å². The van der Waals surface area contributed by atoms with E-state index in [0.29, 0.717) is 27.6 Å². The summed E-state index contributed by atoms with van der Waals surface area (Å²) in [5.74, 6) is -1.16. The molecule has 0 aromatic heterocycles. The van der Waals surface area contributed by atoms with Gasteiger partial charge >= 0.3 is 0 Å². The average molecular weight is 555 g/mol. The summed E-state index contributed by atoms with van der Waals surface area (Å²) in [5, 5.41) is 30.0. The molecule has 0 saturated carbocycles. The Balaban J connectivity index is 1.67. The van der Waals surface area contributed by atoms with Crippen LogP contribution in [0.1, 0.15) is 29.5 Å². The van der Waals surface area contributed by atoms with Crippen molar-refractivity contribution in [3.8, 4) is 17.6 Å². The highest BCUT2D eigenvalue weighted by atomic mass is 32.2. The molecule has 1 unspecified atom stereocenters. The van der Waals surface area contributed by atoms with E-state index in [0.717, 1.165) is 16.8 Å². The normalized spacial score (nSPS) is 14.7. The fourth-order valence-electron chi connectivity index (χ4n) is 4.45. The Kier molecular flexibility index (Phi) is 8.82. The van der Waals surface area contributed by atoms with Gasteiger partial charge in [-0.3, -0.25) is 9.59 Å². The molecule has 9 heteroatoms. The first-order chi connectivity index (χ1) is 19.2. The third-order valence-corrected chi connectivity index (χ3v) is 7.49. The van der Waals surface area contributed by atoms with Gasteiger partial charge in [-0.2, -0.15) is 5.26 Å². The summed E-state index contributed by atoms with van der Waals surface area (Å²) < 4.78 is 5.30. The predicted octanol–water partition coefficient (Wildman–Crippen LogP) is 5.72. The Morgan fingerprint density at radius 3 is 2.50 bits per heavy atom. The molecule has 4 N–H and O–H groups in total. The number of methoxy groups -OCH3 is 1. The zero-order valence-corrected chi connectivity index (χ0v) is 23.5. The fourth-order valence-corrected chi connectivity index (χ4v) is 5.34. The summed E-state index contributed by atoms with van der Waals surface area (Å²) >= 11 is 1.19. The number of benzene rings is 3. The third kappa shape index (κ3) is 6.30. The fraction of sp³-hybridized carbons (Fsp3) is 0.194. The van der Waals surface area contributed by atoms with Crippen LogP contribution in [0.5, 0.6) is 11.5 Å². The maximum Gasteiger partial charge on any atom is 0.254 e. The van der Waals surface area contributed by atoms with Crippen molar-refractivity contribution in [3.05, 3.63) is 105 Å². The standard InChI is InChI=1S/C31H30N4O4S/c1-18-10-11-19(2)24(14-18)35-27(37)17-40-31-23(16-32)29(21-12-13-25(36)26(15-21)39-4)28(20(3)33-31)30(38)34-22-8-6-5-7-9-22/h5-15,29,33,36H,17H2,1-4H3,(H,34,38)(H,35,37). The molecular weight excluding hydrogens is 524 g/mol. The van der Waals surface area contributed by atoms with Crippen molar-refractivity contribution in [2.75, 3.05) is 23.5 Å². The van der Waals surface area contributed by atoms with Crippen LogP contribution < -0.4 is 20.7 Å². The van der Waals surface area contributed by atoms with Gasteiger partial charge in [-0.05, 0) is 67.8 Å². The quantitative estimate of drug-likeness (QED) is 0.281. The largest absolute Gasteiger partial charge is 0.504 e. The van der Waals surface area contributed by atoms with Gasteiger partial charge in [-0.15, -0.1) is 0 Å². The summed E-state index contributed by atoms with van der Waals surface area (Å²) in [4.78, 5) is 26.4. The van der Waals surface area contributed by atoms with Crippen LogP contribution in [0.4, 0.5) is 11.4 Å². The number of dihydropyridines is 1. The highest BCUT2D eigenvalue weighted by molar-refractivity contribution is 8.03. The van der Waals surface area contributed by atoms with Gasteiger partial charge < -0.3 is 25.8 Å². The Labute approximate surface area is 237 Å². The number of phenols is 1. The number of carbonyl (C=O) groups excluding carboxylic acids is 2. The summed E-state index contributed by atoms with van der Waals surface area (Å²) in [6.07, 6.45) is 0. The number of thioether (sulfide) groups is 1. The number of aryl methyl sites for hydroxylation is 2. The second-order valence-electron chi connectivity index (χ2n) is 9.36. The molecule has 40 heavy (non-hydrogen) atoms. The molecule has 0 fully saturated rings. The van der Waals surface area contributed by atoms with Crippen LogP contribution in [-0.4, -0.2) is 29.8 Å². The number of nitrogens with zero attached hydrogens (tertiary/aromatic N) is 1. The molecule has 8 nitrogen and oxygen atoms in total. The second kappa shape index (κ2) is 12.5. The van der Waals surface area contributed by atoms with Crippen molar-refractivity contribution in [3.63, 3.8) is 0 Å². The molecule has 0 aliphatic carbocycles. The monoisotopic (exact) mass is 554 g/mol. The van der Waals surface area contributed by atoms with Gasteiger partial charge in [0, 0.05) is 22.6 Å². The van der Waals surface area contributed by atoms with Crippen LogP contribution in [0, 0.1) is 25.2 Å². The Morgan fingerprint density at radius 2 is 1.80 bits per heavy atom. The van der Waals surface area contributed by atoms with Crippen LogP contribution in [0.3, 0.4) is 0 Å². The highest BCUT2D eigenvalue weighted by Gasteiger charge is 2.35. The van der Waals surface area contributed by atoms with E-state index in [1.165, 1.54) is 24.9 Å². The lowest BCUT2D eigenvalue weighted by Crippen LogP contribution is -2.31. The summed E-state index contributed by atoms with van der Waals surface area (Å²) in [6.45, 7) is 5.64. The minimum atomic E-state index is -0.769. The molecule has 0 bridgehead atoms. The van der Waals surface area contributed by atoms with E-state index >= 15 is 0 Å². The number of rotatable bonds is 8. The Bertz CT molecular complexity index is 1560. The van der Waals surface area contributed by atoms with Crippen LogP contribution in [-0.2, 0) is 9.59 Å². The number of allylic oxidation sites excluding steroid dienone is 2. The van der Waals surface area contributed by atoms with E-state index in [9.17, 15) is 20.0 Å². The topological polar surface area (TPSA) is 123 Å². The van der Waals surface area contributed by atoms with Gasteiger partial charge in [-0.25, -0.2) is 0 Å². The summed E-state index contributed by atoms with van der Waals surface area (Å²) in [7, 11) is 1.43. The Hall–Kier alpha value is -4.68. The van der Waals surface area contributed by atoms with Gasteiger partial charge in [0.25, 0.3) is 5.91 Å². The minimum Gasteiger partial charge on any atom is -0.504 e. The molecule has 2 amide bonds. The highest BCUT2D eigenvalue weighted by Crippen LogP contribution is 2.43. The number of hydrogen-bond acceptors (Lipinski definition) is 7. The number of aromatic hydroxyl groups is 1. The lowest BCUT2D eigenvalue weighted by atomic mass is 9.82. The molecule has 204 valence electrons.